The Kier molecular flexibility index (Phi) is 3.97. The van der Waals surface area contributed by atoms with Crippen molar-refractivity contribution in [3.63, 3.8) is 0 Å². The van der Waals surface area contributed by atoms with Gasteiger partial charge in [-0.2, -0.15) is 0 Å². The minimum Gasteiger partial charge on any atom is -0.455 e. The van der Waals surface area contributed by atoms with Crippen molar-refractivity contribution in [2.75, 3.05) is 0 Å². The van der Waals surface area contributed by atoms with E-state index in [9.17, 15) is 4.79 Å². The number of nitrogens with zero attached hydrogens (tertiary/aromatic N) is 3. The monoisotopic (exact) mass is 306 g/mol. The van der Waals surface area contributed by atoms with Crippen LogP contribution in [0.5, 0.6) is 5.75 Å². The average molecular weight is 306 g/mol. The summed E-state index contributed by atoms with van der Waals surface area (Å²) >= 11 is 0. The Morgan fingerprint density at radius 3 is 2.91 bits per heavy atom. The van der Waals surface area contributed by atoms with E-state index in [0.29, 0.717) is 28.4 Å². The summed E-state index contributed by atoms with van der Waals surface area (Å²) in [7, 11) is 0. The predicted molar refractivity (Wildman–Crippen MR) is 88.8 cm³/mol. The summed E-state index contributed by atoms with van der Waals surface area (Å²) in [6, 6.07) is 5.39. The highest BCUT2D eigenvalue weighted by molar-refractivity contribution is 5.79. The van der Waals surface area contributed by atoms with Crippen molar-refractivity contribution >= 4 is 23.0 Å². The highest BCUT2D eigenvalue weighted by atomic mass is 16.5. The molecule has 0 fully saturated rings. The molecule has 114 valence electrons. The number of ether oxygens (including phenoxy) is 1. The first-order valence-corrected chi connectivity index (χ1v) is 6.99. The average Bonchev–Trinajstić information content (AvgIpc) is 2.60. The van der Waals surface area contributed by atoms with Crippen LogP contribution in [0.4, 0.5) is 0 Å². The van der Waals surface area contributed by atoms with Crippen molar-refractivity contribution in [3.05, 3.63) is 71.1 Å². The van der Waals surface area contributed by atoms with Gasteiger partial charge in [-0.1, -0.05) is 6.58 Å². The van der Waals surface area contributed by atoms with Crippen molar-refractivity contribution in [3.8, 4) is 5.75 Å². The van der Waals surface area contributed by atoms with Gasteiger partial charge in [0.05, 0.1) is 11.9 Å². The lowest BCUT2D eigenvalue weighted by Crippen LogP contribution is -2.07. The maximum Gasteiger partial charge on any atom is 0.267 e. The van der Waals surface area contributed by atoms with Gasteiger partial charge in [-0.05, 0) is 31.2 Å². The number of aromatic nitrogens is 4. The van der Waals surface area contributed by atoms with Gasteiger partial charge < -0.3 is 9.72 Å². The van der Waals surface area contributed by atoms with Crippen LogP contribution in [0.3, 0.4) is 0 Å². The molecule has 0 atom stereocenters. The topological polar surface area (TPSA) is 80.8 Å². The van der Waals surface area contributed by atoms with Crippen LogP contribution < -0.4 is 10.3 Å². The predicted octanol–water partition coefficient (Wildman–Crippen LogP) is 2.80. The van der Waals surface area contributed by atoms with E-state index in [-0.39, 0.29) is 5.56 Å². The Morgan fingerprint density at radius 2 is 2.13 bits per heavy atom. The zero-order valence-electron chi connectivity index (χ0n) is 12.5. The van der Waals surface area contributed by atoms with Crippen LogP contribution in [-0.2, 0) is 0 Å². The first-order chi connectivity index (χ1) is 11.2. The summed E-state index contributed by atoms with van der Waals surface area (Å²) in [5.74, 6) is 1.07. The lowest BCUT2D eigenvalue weighted by Gasteiger charge is -2.13. The number of hydrogen-bond donors (Lipinski definition) is 1. The second-order valence-corrected chi connectivity index (χ2v) is 4.65. The molecular formula is C17H14N4O2. The Balaban J connectivity index is 2.08. The Bertz CT molecular complexity index is 960. The van der Waals surface area contributed by atoms with E-state index in [1.165, 1.54) is 6.20 Å². The summed E-state index contributed by atoms with van der Waals surface area (Å²) < 4.78 is 5.98. The van der Waals surface area contributed by atoms with Crippen molar-refractivity contribution in [2.45, 2.75) is 6.92 Å². The number of aromatic amines is 1. The van der Waals surface area contributed by atoms with E-state index in [4.69, 9.17) is 4.74 Å². The van der Waals surface area contributed by atoms with E-state index in [0.717, 1.165) is 5.56 Å². The first-order valence-electron chi connectivity index (χ1n) is 6.99. The molecule has 3 aromatic rings. The molecule has 0 aliphatic rings. The van der Waals surface area contributed by atoms with Gasteiger partial charge in [-0.3, -0.25) is 9.78 Å². The Morgan fingerprint density at radius 1 is 1.26 bits per heavy atom. The number of fused-ring (bicyclic) bond motifs is 1. The molecular weight excluding hydrogens is 292 g/mol. The smallest absolute Gasteiger partial charge is 0.267 e. The van der Waals surface area contributed by atoms with E-state index >= 15 is 0 Å². The fourth-order valence-electron chi connectivity index (χ4n) is 2.19. The molecule has 0 spiro atoms. The molecule has 0 radical (unpaired) electrons. The number of pyridine rings is 2. The van der Waals surface area contributed by atoms with E-state index in [2.05, 4.69) is 26.5 Å². The molecule has 6 heteroatoms. The van der Waals surface area contributed by atoms with Gasteiger partial charge in [0, 0.05) is 24.0 Å². The second kappa shape index (κ2) is 6.23. The second-order valence-electron chi connectivity index (χ2n) is 4.65. The number of H-pyrrole nitrogens is 1. The van der Waals surface area contributed by atoms with Crippen molar-refractivity contribution in [1.82, 2.24) is 19.9 Å². The fourth-order valence-corrected chi connectivity index (χ4v) is 2.19. The first kappa shape index (κ1) is 14.6. The molecule has 0 aliphatic heterocycles. The maximum atomic E-state index is 11.5. The third-order valence-corrected chi connectivity index (χ3v) is 3.22. The lowest BCUT2D eigenvalue weighted by atomic mass is 10.1. The van der Waals surface area contributed by atoms with Gasteiger partial charge in [0.25, 0.3) is 5.56 Å². The number of rotatable bonds is 4. The third-order valence-electron chi connectivity index (χ3n) is 3.22. The molecule has 3 heterocycles. The van der Waals surface area contributed by atoms with Gasteiger partial charge in [0.1, 0.15) is 11.3 Å². The molecule has 0 bridgehead atoms. The van der Waals surface area contributed by atoms with Crippen LogP contribution in [0.1, 0.15) is 18.2 Å². The number of nitrogens with one attached hydrogen (secondary N) is 1. The Hall–Kier alpha value is -3.28. The third kappa shape index (κ3) is 2.87. The molecule has 0 saturated carbocycles. The quantitative estimate of drug-likeness (QED) is 0.750. The Labute approximate surface area is 132 Å². The van der Waals surface area contributed by atoms with Crippen LogP contribution in [-0.4, -0.2) is 19.9 Å². The SMILES string of the molecule is C=Cc1ncccc1/C(=C\C)Oc1ccnc2ncc(=O)[nH]c12. The van der Waals surface area contributed by atoms with Gasteiger partial charge in [0.2, 0.25) is 0 Å². The highest BCUT2D eigenvalue weighted by Gasteiger charge is 2.12. The molecule has 0 aromatic carbocycles. The van der Waals surface area contributed by atoms with Gasteiger partial charge in [-0.15, -0.1) is 0 Å². The van der Waals surface area contributed by atoms with Crippen LogP contribution in [0.15, 0.2) is 54.2 Å². The van der Waals surface area contributed by atoms with Gasteiger partial charge >= 0.3 is 0 Å². The molecule has 23 heavy (non-hydrogen) atoms. The zero-order valence-corrected chi connectivity index (χ0v) is 12.5. The van der Waals surface area contributed by atoms with E-state index in [1.54, 1.807) is 24.5 Å². The van der Waals surface area contributed by atoms with Crippen molar-refractivity contribution < 1.29 is 4.74 Å². The summed E-state index contributed by atoms with van der Waals surface area (Å²) in [4.78, 5) is 26.6. The molecule has 0 saturated heterocycles. The van der Waals surface area contributed by atoms with E-state index in [1.807, 2.05) is 25.1 Å². The van der Waals surface area contributed by atoms with Crippen LogP contribution in [0, 0.1) is 0 Å². The number of hydrogen-bond acceptors (Lipinski definition) is 5. The molecule has 1 N–H and O–H groups in total. The van der Waals surface area contributed by atoms with Crippen LogP contribution in [0.25, 0.3) is 23.0 Å². The molecule has 0 unspecified atom stereocenters. The van der Waals surface area contributed by atoms with Crippen molar-refractivity contribution in [1.29, 1.82) is 0 Å². The fraction of sp³-hybridized carbons (Fsp3) is 0.0588. The molecule has 0 amide bonds. The van der Waals surface area contributed by atoms with E-state index < -0.39 is 0 Å². The largest absolute Gasteiger partial charge is 0.455 e. The molecule has 3 rings (SSSR count). The van der Waals surface area contributed by atoms with Crippen LogP contribution >= 0.6 is 0 Å². The summed E-state index contributed by atoms with van der Waals surface area (Å²) in [6.07, 6.45) is 7.94. The summed E-state index contributed by atoms with van der Waals surface area (Å²) in [5, 5.41) is 0. The maximum absolute atomic E-state index is 11.5. The number of allylic oxidation sites excluding steroid dienone is 1. The zero-order chi connectivity index (χ0) is 16.2. The van der Waals surface area contributed by atoms with Gasteiger partial charge in [0.15, 0.2) is 11.4 Å². The molecule has 0 aliphatic carbocycles. The molecule has 6 nitrogen and oxygen atoms in total. The molecule has 3 aromatic heterocycles. The normalized spacial score (nSPS) is 11.4. The summed E-state index contributed by atoms with van der Waals surface area (Å²) in [6.45, 7) is 5.62. The lowest BCUT2D eigenvalue weighted by molar-refractivity contribution is 0.517. The standard InChI is InChI=1S/C17H14N4O2/c1-3-12-11(6-5-8-18-12)13(4-2)23-14-7-9-19-17-16(14)21-15(22)10-20-17/h3-10H,1H2,2H3,(H,21,22)/b13-4+. The van der Waals surface area contributed by atoms with Gasteiger partial charge in [-0.25, -0.2) is 9.97 Å². The highest BCUT2D eigenvalue weighted by Crippen LogP contribution is 2.26. The minimum atomic E-state index is -0.314. The summed E-state index contributed by atoms with van der Waals surface area (Å²) in [5.41, 5.74) is 2.06. The van der Waals surface area contributed by atoms with Crippen molar-refractivity contribution in [2.24, 2.45) is 0 Å². The minimum absolute atomic E-state index is 0.314. The van der Waals surface area contributed by atoms with Crippen LogP contribution in [0.2, 0.25) is 0 Å².